The van der Waals surface area contributed by atoms with E-state index >= 15 is 0 Å². The second-order valence-corrected chi connectivity index (χ2v) is 8.16. The average molecular weight is 577 g/mol. The second kappa shape index (κ2) is 21.4. The molecule has 40 heavy (non-hydrogen) atoms. The third kappa shape index (κ3) is 16.6. The van der Waals surface area contributed by atoms with E-state index in [2.05, 4.69) is 16.9 Å². The van der Waals surface area contributed by atoms with Gasteiger partial charge in [0.15, 0.2) is 0 Å². The first-order valence-electron chi connectivity index (χ1n) is 12.8. The number of hydroxylamine groups is 1. The minimum atomic E-state index is -4.76. The molecular formula is C28H43F5N5O2+. The van der Waals surface area contributed by atoms with E-state index in [1.54, 1.807) is 26.1 Å². The van der Waals surface area contributed by atoms with Gasteiger partial charge in [-0.05, 0) is 62.8 Å². The Morgan fingerprint density at radius 3 is 2.30 bits per heavy atom. The Hall–Kier alpha value is -3.38. The smallest absolute Gasteiger partial charge is 0.398 e. The molecule has 0 radical (unpaired) electrons. The van der Waals surface area contributed by atoms with Crippen LogP contribution in [0.5, 0.6) is 0 Å². The van der Waals surface area contributed by atoms with E-state index in [0.29, 0.717) is 6.54 Å². The van der Waals surface area contributed by atoms with Gasteiger partial charge in [0.1, 0.15) is 12.1 Å². The Kier molecular flexibility index (Phi) is 20.8. The van der Waals surface area contributed by atoms with E-state index in [4.69, 9.17) is 11.1 Å². The van der Waals surface area contributed by atoms with Gasteiger partial charge in [0.25, 0.3) is 0 Å². The molecule has 12 heteroatoms. The number of aliphatic hydroxyl groups is 1. The van der Waals surface area contributed by atoms with Gasteiger partial charge >= 0.3 is 11.9 Å². The standard InChI is InChI=1S/C26H37F5N5O2.C2H6/c1-5-7-24(26(29,30)31)36(38)13-12-19(4)35-25(37)21(11-9-20(16-32)17-34-6-2)14-23(33)22(15-27)10-8-18(3)28;1-2/h6-8,10-11,13-16,19-20,25,32,35,37-38H,3,5,9,12,17,33H2,1-2,4H3;1-2H3/q+1;/b10-8-,21-11+,22-15-,23-14-,24-7-,32-16?,34-6?,36-13+;/t19-,20?,25?;/m1./s1. The number of nitrogens with two attached hydrogens (primary N) is 1. The van der Waals surface area contributed by atoms with Crippen LogP contribution >= 0.6 is 0 Å². The van der Waals surface area contributed by atoms with Crippen molar-refractivity contribution in [2.75, 3.05) is 6.54 Å². The van der Waals surface area contributed by atoms with Crippen molar-refractivity contribution in [1.82, 2.24) is 5.32 Å². The number of nitrogens with one attached hydrogen (secondary N) is 2. The topological polar surface area (TPSA) is 118 Å². The molecule has 226 valence electrons. The highest BCUT2D eigenvalue weighted by Crippen LogP contribution is 2.26. The SMILES string of the molecule is C=C(F)\C=C/C(=C/F)C(/N)=C/C(=C\CC(C=N)CN=CC)C(O)N[C@H](C)C/C=[N+](O)\C(=C/CC)C(F)(F)F.CC. The molecule has 0 aliphatic heterocycles. The molecule has 0 aromatic carbocycles. The molecule has 0 aliphatic carbocycles. The zero-order valence-corrected chi connectivity index (χ0v) is 23.7. The third-order valence-electron chi connectivity index (χ3n) is 4.96. The van der Waals surface area contributed by atoms with Gasteiger partial charge in [-0.15, -0.1) is 0 Å². The molecule has 3 atom stereocenters. The van der Waals surface area contributed by atoms with E-state index in [1.807, 2.05) is 13.8 Å². The van der Waals surface area contributed by atoms with Crippen molar-refractivity contribution >= 4 is 18.6 Å². The highest BCUT2D eigenvalue weighted by molar-refractivity contribution is 5.59. The molecule has 0 aliphatic rings. The average Bonchev–Trinajstić information content (AvgIpc) is 2.90. The van der Waals surface area contributed by atoms with Crippen LogP contribution < -0.4 is 11.1 Å². The first-order chi connectivity index (χ1) is 18.8. The Labute approximate surface area is 233 Å². The molecule has 7 nitrogen and oxygen atoms in total. The van der Waals surface area contributed by atoms with Gasteiger partial charge in [0, 0.05) is 47.1 Å². The lowest BCUT2D eigenvalue weighted by molar-refractivity contribution is -0.746. The Morgan fingerprint density at radius 2 is 1.82 bits per heavy atom. The predicted molar refractivity (Wildman–Crippen MR) is 152 cm³/mol. The summed E-state index contributed by atoms with van der Waals surface area (Å²) in [6.07, 6.45) is 3.46. The summed E-state index contributed by atoms with van der Waals surface area (Å²) in [5, 5.41) is 31.0. The number of allylic oxidation sites excluding steroid dienone is 6. The highest BCUT2D eigenvalue weighted by atomic mass is 19.4. The Bertz CT molecular complexity index is 996. The van der Waals surface area contributed by atoms with Gasteiger partial charge < -0.3 is 16.2 Å². The maximum Gasteiger partial charge on any atom is 0.482 e. The largest absolute Gasteiger partial charge is 0.482 e. The number of halogens is 5. The molecule has 2 unspecified atom stereocenters. The molecule has 6 N–H and O–H groups in total. The summed E-state index contributed by atoms with van der Waals surface area (Å²) in [6.45, 7) is 12.1. The van der Waals surface area contributed by atoms with Gasteiger partial charge in [0.2, 0.25) is 6.21 Å². The minimum absolute atomic E-state index is 0.00494. The molecule has 0 aromatic rings. The highest BCUT2D eigenvalue weighted by Gasteiger charge is 2.44. The molecule has 0 spiro atoms. The van der Waals surface area contributed by atoms with Gasteiger partial charge in [-0.1, -0.05) is 33.4 Å². The van der Waals surface area contributed by atoms with E-state index in [9.17, 15) is 32.3 Å². The number of aliphatic hydroxyl groups excluding tert-OH is 1. The zero-order valence-electron chi connectivity index (χ0n) is 23.7. The zero-order chi connectivity index (χ0) is 31.3. The van der Waals surface area contributed by atoms with Crippen LogP contribution in [0.15, 0.2) is 76.6 Å². The summed E-state index contributed by atoms with van der Waals surface area (Å²) >= 11 is 0. The predicted octanol–water partition coefficient (Wildman–Crippen LogP) is 6.44. The molecule has 0 amide bonds. The summed E-state index contributed by atoms with van der Waals surface area (Å²) < 4.78 is 65.7. The fraction of sp³-hybridized carbons (Fsp3) is 0.464. The summed E-state index contributed by atoms with van der Waals surface area (Å²) in [6, 6.07) is -0.636. The van der Waals surface area contributed by atoms with Gasteiger partial charge in [0.05, 0.1) is 6.33 Å². The molecular weight excluding hydrogens is 533 g/mol. The monoisotopic (exact) mass is 576 g/mol. The second-order valence-electron chi connectivity index (χ2n) is 8.16. The maximum atomic E-state index is 13.4. The normalized spacial score (nSPS) is 16.5. The molecule has 0 rings (SSSR count). The lowest BCUT2D eigenvalue weighted by atomic mass is 10.0. The number of rotatable bonds is 16. The van der Waals surface area contributed by atoms with Gasteiger partial charge in [-0.3, -0.25) is 15.5 Å². The number of nitrogens with zero attached hydrogens (tertiary/aromatic N) is 2. The first-order valence-corrected chi connectivity index (χ1v) is 12.8. The van der Waals surface area contributed by atoms with Crippen LogP contribution in [0.1, 0.15) is 53.9 Å². The fourth-order valence-corrected chi connectivity index (χ4v) is 2.93. The maximum absolute atomic E-state index is 13.4. The summed E-state index contributed by atoms with van der Waals surface area (Å²) in [4.78, 5) is 4.09. The van der Waals surface area contributed by atoms with E-state index in [1.165, 1.54) is 19.2 Å². The number of hydrogen-bond acceptors (Lipinski definition) is 6. The lowest BCUT2D eigenvalue weighted by Gasteiger charge is -2.20. The Morgan fingerprint density at radius 1 is 1.20 bits per heavy atom. The van der Waals surface area contributed by atoms with Crippen molar-refractivity contribution < 1.29 is 37.0 Å². The van der Waals surface area contributed by atoms with Crippen molar-refractivity contribution in [1.29, 1.82) is 5.41 Å². The van der Waals surface area contributed by atoms with Crippen LogP contribution in [0.2, 0.25) is 0 Å². The molecule has 0 heterocycles. The van der Waals surface area contributed by atoms with Crippen LogP contribution in [0.25, 0.3) is 0 Å². The summed E-state index contributed by atoms with van der Waals surface area (Å²) in [5.41, 5.74) is 4.53. The Balaban J connectivity index is 0. The van der Waals surface area contributed by atoms with Crippen LogP contribution in [0.3, 0.4) is 0 Å². The minimum Gasteiger partial charge on any atom is -0.398 e. The third-order valence-corrected chi connectivity index (χ3v) is 4.96. The molecule has 0 fully saturated rings. The van der Waals surface area contributed by atoms with Crippen molar-refractivity contribution in [3.63, 3.8) is 0 Å². The molecule has 0 saturated carbocycles. The van der Waals surface area contributed by atoms with Gasteiger partial charge in [-0.25, -0.2) is 8.78 Å². The van der Waals surface area contributed by atoms with E-state index in [-0.39, 0.29) is 53.1 Å². The first kappa shape index (κ1) is 38.8. The van der Waals surface area contributed by atoms with E-state index in [0.717, 1.165) is 24.4 Å². The van der Waals surface area contributed by atoms with E-state index < -0.39 is 30.0 Å². The number of aliphatic imine (C=N–C) groups is 1. The van der Waals surface area contributed by atoms with Crippen molar-refractivity contribution in [3.8, 4) is 0 Å². The van der Waals surface area contributed by atoms with Gasteiger partial charge in [-0.2, -0.15) is 13.2 Å². The van der Waals surface area contributed by atoms with Crippen molar-refractivity contribution in [2.24, 2.45) is 16.6 Å². The van der Waals surface area contributed by atoms with Crippen LogP contribution in [0.4, 0.5) is 22.0 Å². The number of alkyl halides is 3. The summed E-state index contributed by atoms with van der Waals surface area (Å²) in [7, 11) is 0. The van der Waals surface area contributed by atoms with Crippen molar-refractivity contribution in [3.05, 3.63) is 71.7 Å². The lowest BCUT2D eigenvalue weighted by Crippen LogP contribution is -2.38. The molecule has 0 aromatic heterocycles. The van der Waals surface area contributed by atoms with Crippen LogP contribution in [-0.2, 0) is 0 Å². The van der Waals surface area contributed by atoms with Crippen LogP contribution in [-0.4, -0.2) is 58.7 Å². The summed E-state index contributed by atoms with van der Waals surface area (Å²) in [5.74, 6) is -1.14. The number of hydrogen-bond donors (Lipinski definition) is 5. The molecule has 0 bridgehead atoms. The van der Waals surface area contributed by atoms with Crippen molar-refractivity contribution in [2.45, 2.75) is 72.3 Å². The fourth-order valence-electron chi connectivity index (χ4n) is 2.93. The van der Waals surface area contributed by atoms with Crippen LogP contribution in [0, 0.1) is 11.3 Å². The quantitative estimate of drug-likeness (QED) is 0.0277. The molecule has 0 saturated heterocycles.